The second-order valence-corrected chi connectivity index (χ2v) is 7.23. The molecule has 3 heterocycles. The van der Waals surface area contributed by atoms with Crippen LogP contribution in [0.25, 0.3) is 21.8 Å². The highest BCUT2D eigenvalue weighted by Gasteiger charge is 2.12. The Morgan fingerprint density at radius 2 is 1.42 bits per heavy atom. The predicted molar refractivity (Wildman–Crippen MR) is 116 cm³/mol. The molecule has 3 aromatic rings. The van der Waals surface area contributed by atoms with E-state index in [1.54, 1.807) is 6.08 Å². The van der Waals surface area contributed by atoms with E-state index >= 15 is 0 Å². The summed E-state index contributed by atoms with van der Waals surface area (Å²) in [7, 11) is 0. The molecule has 0 aliphatic rings. The number of rotatable bonds is 2. The summed E-state index contributed by atoms with van der Waals surface area (Å²) in [5, 5.41) is 2.50. The van der Waals surface area contributed by atoms with Crippen molar-refractivity contribution in [2.75, 3.05) is 0 Å². The molecule has 26 heavy (non-hydrogen) atoms. The number of fused-ring (bicyclic) bond motifs is 3. The van der Waals surface area contributed by atoms with Crippen LogP contribution in [0.1, 0.15) is 54.5 Å². The summed E-state index contributed by atoms with van der Waals surface area (Å²) in [6, 6.07) is 4.54. The molecule has 3 heteroatoms. The molecule has 0 fully saturated rings. The van der Waals surface area contributed by atoms with E-state index < -0.39 is 0 Å². The maximum absolute atomic E-state index is 4.21. The molecule has 0 atom stereocenters. The van der Waals surface area contributed by atoms with Crippen LogP contribution in [0.3, 0.4) is 0 Å². The number of hydrogen-bond donors (Lipinski definition) is 0. The monoisotopic (exact) mass is 351 g/mol. The first kappa shape index (κ1) is 21.6. The lowest BCUT2D eigenvalue weighted by molar-refractivity contribution is 0.519. The van der Waals surface area contributed by atoms with Crippen molar-refractivity contribution >= 4 is 21.8 Å². The molecular weight excluding hydrogens is 318 g/mol. The van der Waals surface area contributed by atoms with E-state index in [9.17, 15) is 0 Å². The quantitative estimate of drug-likeness (QED) is 0.467. The molecule has 3 aromatic heterocycles. The molecule has 0 spiro atoms. The molecule has 0 saturated carbocycles. The van der Waals surface area contributed by atoms with Gasteiger partial charge in [-0.1, -0.05) is 59.4 Å². The van der Waals surface area contributed by atoms with Gasteiger partial charge in [-0.05, 0) is 31.4 Å². The molecule has 0 aliphatic heterocycles. The Balaban J connectivity index is 0.000000290. The van der Waals surface area contributed by atoms with Gasteiger partial charge in [-0.2, -0.15) is 0 Å². The third-order valence-corrected chi connectivity index (χ3v) is 4.14. The molecule has 3 rings (SSSR count). The second-order valence-electron chi connectivity index (χ2n) is 7.23. The van der Waals surface area contributed by atoms with Crippen LogP contribution in [0.2, 0.25) is 0 Å². The van der Waals surface area contributed by atoms with E-state index in [0.29, 0.717) is 6.04 Å². The predicted octanol–water partition coefficient (Wildman–Crippen LogP) is 6.97. The summed E-state index contributed by atoms with van der Waals surface area (Å²) in [6.45, 7) is 22.2. The molecule has 3 nitrogen and oxygen atoms in total. The second kappa shape index (κ2) is 9.33. The molecular formula is C23H33N3. The fourth-order valence-electron chi connectivity index (χ4n) is 2.60. The fraction of sp³-hybridized carbons (Fsp3) is 0.391. The number of pyridine rings is 2. The summed E-state index contributed by atoms with van der Waals surface area (Å²) < 4.78 is 2.28. The van der Waals surface area contributed by atoms with Gasteiger partial charge in [-0.15, -0.1) is 0 Å². The van der Waals surface area contributed by atoms with Gasteiger partial charge in [0.2, 0.25) is 0 Å². The summed E-state index contributed by atoms with van der Waals surface area (Å²) >= 11 is 0. The smallest absolute Gasteiger partial charge is 0.0680 e. The lowest BCUT2D eigenvalue weighted by atomic mass is 9.88. The molecule has 0 bridgehead atoms. The average molecular weight is 352 g/mol. The van der Waals surface area contributed by atoms with Crippen molar-refractivity contribution in [1.29, 1.82) is 0 Å². The van der Waals surface area contributed by atoms with Gasteiger partial charge in [0.05, 0.1) is 23.4 Å². The van der Waals surface area contributed by atoms with Crippen LogP contribution >= 0.6 is 0 Å². The Morgan fingerprint density at radius 1 is 1.00 bits per heavy atom. The van der Waals surface area contributed by atoms with E-state index in [4.69, 9.17) is 0 Å². The third kappa shape index (κ3) is 4.81. The summed E-state index contributed by atoms with van der Waals surface area (Å²) in [5.41, 5.74) is 3.65. The van der Waals surface area contributed by atoms with Crippen molar-refractivity contribution < 1.29 is 0 Å². The van der Waals surface area contributed by atoms with Crippen LogP contribution in [0.5, 0.6) is 0 Å². The van der Waals surface area contributed by atoms with E-state index in [1.807, 2.05) is 38.6 Å². The first-order valence-electron chi connectivity index (χ1n) is 9.26. The Morgan fingerprint density at radius 3 is 1.69 bits per heavy atom. The molecule has 0 N–H and O–H groups in total. The van der Waals surface area contributed by atoms with Crippen LogP contribution in [-0.4, -0.2) is 14.5 Å². The number of nitrogens with zero attached hydrogens (tertiary/aromatic N) is 3. The zero-order valence-corrected chi connectivity index (χ0v) is 17.4. The van der Waals surface area contributed by atoms with E-state index in [0.717, 1.165) is 5.57 Å². The Hall–Kier alpha value is -2.42. The Bertz CT molecular complexity index is 811. The minimum Gasteiger partial charge on any atom is -0.335 e. The van der Waals surface area contributed by atoms with Gasteiger partial charge in [-0.25, -0.2) is 0 Å². The van der Waals surface area contributed by atoms with Gasteiger partial charge in [0, 0.05) is 29.2 Å². The minimum atomic E-state index is 0.196. The largest absolute Gasteiger partial charge is 0.335 e. The van der Waals surface area contributed by atoms with Crippen LogP contribution in [0.4, 0.5) is 0 Å². The molecule has 0 saturated heterocycles. The molecule has 0 aromatic carbocycles. The third-order valence-electron chi connectivity index (χ3n) is 4.14. The maximum Gasteiger partial charge on any atom is 0.0680 e. The van der Waals surface area contributed by atoms with E-state index in [2.05, 4.69) is 74.4 Å². The SMILES string of the molecule is C=CC(=C)C(C)(C)C.CC.CC(C)n1c2cnccc2c2ccncc21. The van der Waals surface area contributed by atoms with Crippen LogP contribution in [0.15, 0.2) is 61.7 Å². The van der Waals surface area contributed by atoms with Crippen molar-refractivity contribution in [3.8, 4) is 0 Å². The molecule has 0 unspecified atom stereocenters. The highest BCUT2D eigenvalue weighted by Crippen LogP contribution is 2.30. The van der Waals surface area contributed by atoms with Crippen LogP contribution in [0, 0.1) is 5.41 Å². The number of hydrogen-bond acceptors (Lipinski definition) is 2. The van der Waals surface area contributed by atoms with Gasteiger partial charge in [0.25, 0.3) is 0 Å². The molecule has 140 valence electrons. The van der Waals surface area contributed by atoms with Crippen molar-refractivity contribution in [3.05, 3.63) is 61.7 Å². The average Bonchev–Trinajstić information content (AvgIpc) is 2.97. The van der Waals surface area contributed by atoms with E-state index in [-0.39, 0.29) is 5.41 Å². The Labute approximate surface area is 158 Å². The Kier molecular flexibility index (Phi) is 7.76. The van der Waals surface area contributed by atoms with Crippen molar-refractivity contribution in [2.45, 2.75) is 54.5 Å². The first-order valence-corrected chi connectivity index (χ1v) is 9.26. The van der Waals surface area contributed by atoms with Gasteiger partial charge < -0.3 is 4.57 Å². The number of aromatic nitrogens is 3. The van der Waals surface area contributed by atoms with Gasteiger partial charge in [-0.3, -0.25) is 9.97 Å². The van der Waals surface area contributed by atoms with Crippen LogP contribution < -0.4 is 0 Å². The normalized spacial score (nSPS) is 10.8. The van der Waals surface area contributed by atoms with Crippen molar-refractivity contribution in [2.24, 2.45) is 5.41 Å². The lowest BCUT2D eigenvalue weighted by Gasteiger charge is -2.17. The summed E-state index contributed by atoms with van der Waals surface area (Å²) in [5.74, 6) is 0. The fourth-order valence-corrected chi connectivity index (χ4v) is 2.60. The molecule has 0 amide bonds. The molecule has 0 aliphatic carbocycles. The van der Waals surface area contributed by atoms with Gasteiger partial charge in [0.1, 0.15) is 0 Å². The lowest BCUT2D eigenvalue weighted by Crippen LogP contribution is -2.05. The highest BCUT2D eigenvalue weighted by atomic mass is 15.0. The van der Waals surface area contributed by atoms with E-state index in [1.165, 1.54) is 21.8 Å². The standard InChI is InChI=1S/C13H13N3.C8H14.C2H6/c1-9(2)16-12-7-14-5-3-10(12)11-4-6-15-8-13(11)16;1-6-7(2)8(3,4)5;1-2/h3-9H,1-2H3;6H,1-2H2,3-5H3;1-2H3. The first-order chi connectivity index (χ1) is 12.3. The maximum atomic E-state index is 4.21. The molecule has 0 radical (unpaired) electrons. The topological polar surface area (TPSA) is 30.7 Å². The zero-order chi connectivity index (χ0) is 19.9. The zero-order valence-electron chi connectivity index (χ0n) is 17.4. The van der Waals surface area contributed by atoms with Crippen molar-refractivity contribution in [3.63, 3.8) is 0 Å². The van der Waals surface area contributed by atoms with Crippen molar-refractivity contribution in [1.82, 2.24) is 14.5 Å². The van der Waals surface area contributed by atoms with Gasteiger partial charge >= 0.3 is 0 Å². The minimum absolute atomic E-state index is 0.196. The summed E-state index contributed by atoms with van der Waals surface area (Å²) in [6.07, 6.45) is 9.34. The van der Waals surface area contributed by atoms with Crippen LogP contribution in [-0.2, 0) is 0 Å². The highest BCUT2D eigenvalue weighted by molar-refractivity contribution is 6.07. The van der Waals surface area contributed by atoms with Gasteiger partial charge in [0.15, 0.2) is 0 Å². The number of allylic oxidation sites excluding steroid dienone is 2. The summed E-state index contributed by atoms with van der Waals surface area (Å²) in [4.78, 5) is 8.42.